The van der Waals surface area contributed by atoms with Gasteiger partial charge in [-0.3, -0.25) is 0 Å². The molecular formula is C13H27N. The number of hydrogen-bond donors (Lipinski definition) is 1. The lowest BCUT2D eigenvalue weighted by Crippen LogP contribution is -2.29. The van der Waals surface area contributed by atoms with Gasteiger partial charge in [0.2, 0.25) is 0 Å². The molecule has 1 atom stereocenters. The van der Waals surface area contributed by atoms with E-state index in [9.17, 15) is 0 Å². The van der Waals surface area contributed by atoms with Crippen LogP contribution in [-0.4, -0.2) is 6.04 Å². The maximum Gasteiger partial charge on any atom is 0.00464 e. The Labute approximate surface area is 89.5 Å². The minimum Gasteiger partial charge on any atom is -0.328 e. The maximum atomic E-state index is 6.19. The molecule has 0 saturated heterocycles. The fourth-order valence-electron chi connectivity index (χ4n) is 2.72. The Morgan fingerprint density at radius 1 is 1.14 bits per heavy atom. The third-order valence-corrected chi connectivity index (χ3v) is 3.24. The van der Waals surface area contributed by atoms with Crippen LogP contribution in [0.2, 0.25) is 0 Å². The molecule has 84 valence electrons. The summed E-state index contributed by atoms with van der Waals surface area (Å²) in [5.41, 5.74) is 6.59. The summed E-state index contributed by atoms with van der Waals surface area (Å²) in [5.74, 6) is 0.932. The lowest BCUT2D eigenvalue weighted by molar-refractivity contribution is 0.269. The lowest BCUT2D eigenvalue weighted by atomic mass is 9.80. The van der Waals surface area contributed by atoms with Gasteiger partial charge in [-0.1, -0.05) is 52.9 Å². The van der Waals surface area contributed by atoms with Crippen molar-refractivity contribution < 1.29 is 0 Å². The van der Waals surface area contributed by atoms with Crippen molar-refractivity contribution in [2.75, 3.05) is 0 Å². The Kier molecular flexibility index (Phi) is 4.43. The molecule has 1 nitrogen and oxygen atoms in total. The van der Waals surface area contributed by atoms with Crippen molar-refractivity contribution in [3.05, 3.63) is 0 Å². The Morgan fingerprint density at radius 2 is 1.71 bits per heavy atom. The fraction of sp³-hybridized carbons (Fsp3) is 1.00. The zero-order chi connectivity index (χ0) is 10.6. The van der Waals surface area contributed by atoms with Crippen LogP contribution in [0.25, 0.3) is 0 Å². The second-order valence-electron chi connectivity index (χ2n) is 6.26. The van der Waals surface area contributed by atoms with Crippen molar-refractivity contribution in [2.24, 2.45) is 17.1 Å². The largest absolute Gasteiger partial charge is 0.328 e. The smallest absolute Gasteiger partial charge is 0.00464 e. The van der Waals surface area contributed by atoms with E-state index in [0.29, 0.717) is 11.5 Å². The van der Waals surface area contributed by atoms with Gasteiger partial charge in [0.25, 0.3) is 0 Å². The first-order chi connectivity index (χ1) is 6.47. The molecule has 0 amide bonds. The molecular weight excluding hydrogens is 170 g/mol. The van der Waals surface area contributed by atoms with E-state index in [-0.39, 0.29) is 0 Å². The average Bonchev–Trinajstić information content (AvgIpc) is 2.02. The third-order valence-electron chi connectivity index (χ3n) is 3.24. The maximum absolute atomic E-state index is 6.19. The molecule has 1 rings (SSSR count). The van der Waals surface area contributed by atoms with Crippen molar-refractivity contribution in [3.63, 3.8) is 0 Å². The summed E-state index contributed by atoms with van der Waals surface area (Å²) in [6.45, 7) is 6.86. The van der Waals surface area contributed by atoms with Gasteiger partial charge in [0.15, 0.2) is 0 Å². The van der Waals surface area contributed by atoms with E-state index >= 15 is 0 Å². The highest BCUT2D eigenvalue weighted by atomic mass is 14.6. The topological polar surface area (TPSA) is 26.0 Å². The van der Waals surface area contributed by atoms with E-state index in [4.69, 9.17) is 5.73 Å². The van der Waals surface area contributed by atoms with Gasteiger partial charge in [-0.25, -0.2) is 0 Å². The zero-order valence-corrected chi connectivity index (χ0v) is 10.2. The number of hydrogen-bond acceptors (Lipinski definition) is 1. The molecule has 1 unspecified atom stereocenters. The van der Waals surface area contributed by atoms with Crippen molar-refractivity contribution >= 4 is 0 Å². The van der Waals surface area contributed by atoms with Gasteiger partial charge in [0.1, 0.15) is 0 Å². The second kappa shape index (κ2) is 5.16. The van der Waals surface area contributed by atoms with E-state index in [1.54, 1.807) is 0 Å². The highest BCUT2D eigenvalue weighted by molar-refractivity contribution is 4.76. The highest BCUT2D eigenvalue weighted by Gasteiger charge is 2.20. The van der Waals surface area contributed by atoms with Gasteiger partial charge in [-0.2, -0.15) is 0 Å². The van der Waals surface area contributed by atoms with Crippen LogP contribution in [0.15, 0.2) is 0 Å². The standard InChI is InChI=1S/C13H27N/c1-13(2,3)10-12(14)9-11-7-5-4-6-8-11/h11-12H,4-10,14H2,1-3H3. The van der Waals surface area contributed by atoms with Crippen LogP contribution in [0.1, 0.15) is 65.7 Å². The third kappa shape index (κ3) is 4.99. The van der Waals surface area contributed by atoms with E-state index < -0.39 is 0 Å². The predicted octanol–water partition coefficient (Wildman–Crippen LogP) is 3.72. The van der Waals surface area contributed by atoms with Crippen LogP contribution in [0, 0.1) is 11.3 Å². The Morgan fingerprint density at radius 3 is 2.21 bits per heavy atom. The van der Waals surface area contributed by atoms with Crippen molar-refractivity contribution in [2.45, 2.75) is 71.8 Å². The molecule has 0 aliphatic heterocycles. The van der Waals surface area contributed by atoms with Gasteiger partial charge < -0.3 is 5.73 Å². The number of rotatable bonds is 3. The summed E-state index contributed by atoms with van der Waals surface area (Å²) in [4.78, 5) is 0. The first-order valence-electron chi connectivity index (χ1n) is 6.23. The summed E-state index contributed by atoms with van der Waals surface area (Å²) >= 11 is 0. The molecule has 0 aromatic carbocycles. The zero-order valence-electron chi connectivity index (χ0n) is 10.2. The molecule has 0 radical (unpaired) electrons. The quantitative estimate of drug-likeness (QED) is 0.733. The van der Waals surface area contributed by atoms with Gasteiger partial charge in [0, 0.05) is 6.04 Å². The summed E-state index contributed by atoms with van der Waals surface area (Å²) in [7, 11) is 0. The molecule has 0 spiro atoms. The monoisotopic (exact) mass is 197 g/mol. The summed E-state index contributed by atoms with van der Waals surface area (Å²) in [6, 6.07) is 0.429. The molecule has 0 heterocycles. The molecule has 0 bridgehead atoms. The predicted molar refractivity (Wildman–Crippen MR) is 63.2 cm³/mol. The summed E-state index contributed by atoms with van der Waals surface area (Å²) in [5, 5.41) is 0. The summed E-state index contributed by atoms with van der Waals surface area (Å²) < 4.78 is 0. The van der Waals surface area contributed by atoms with Crippen molar-refractivity contribution in [1.29, 1.82) is 0 Å². The molecule has 1 fully saturated rings. The minimum atomic E-state index is 0.397. The van der Waals surface area contributed by atoms with E-state index in [1.807, 2.05) is 0 Å². The van der Waals surface area contributed by atoms with Crippen molar-refractivity contribution in [3.8, 4) is 0 Å². The van der Waals surface area contributed by atoms with E-state index in [1.165, 1.54) is 44.9 Å². The van der Waals surface area contributed by atoms with Gasteiger partial charge in [-0.15, -0.1) is 0 Å². The fourth-order valence-corrected chi connectivity index (χ4v) is 2.72. The molecule has 0 aromatic rings. The van der Waals surface area contributed by atoms with Crippen LogP contribution in [0.4, 0.5) is 0 Å². The molecule has 1 aliphatic rings. The van der Waals surface area contributed by atoms with Crippen LogP contribution >= 0.6 is 0 Å². The summed E-state index contributed by atoms with van der Waals surface area (Å²) in [6.07, 6.45) is 9.61. The molecule has 2 N–H and O–H groups in total. The molecule has 14 heavy (non-hydrogen) atoms. The molecule has 1 aliphatic carbocycles. The lowest BCUT2D eigenvalue weighted by Gasteiger charge is -2.28. The molecule has 1 heteroatoms. The number of nitrogens with two attached hydrogens (primary N) is 1. The van der Waals surface area contributed by atoms with Crippen LogP contribution in [-0.2, 0) is 0 Å². The second-order valence-corrected chi connectivity index (χ2v) is 6.26. The van der Waals surface area contributed by atoms with Crippen LogP contribution in [0.5, 0.6) is 0 Å². The van der Waals surface area contributed by atoms with Crippen LogP contribution < -0.4 is 5.73 Å². The van der Waals surface area contributed by atoms with Crippen LogP contribution in [0.3, 0.4) is 0 Å². The van der Waals surface area contributed by atoms with Gasteiger partial charge in [-0.05, 0) is 24.2 Å². The van der Waals surface area contributed by atoms with Gasteiger partial charge >= 0.3 is 0 Å². The Bertz CT molecular complexity index is 151. The van der Waals surface area contributed by atoms with E-state index in [0.717, 1.165) is 5.92 Å². The Hall–Kier alpha value is -0.0400. The molecule has 0 aromatic heterocycles. The average molecular weight is 197 g/mol. The van der Waals surface area contributed by atoms with E-state index in [2.05, 4.69) is 20.8 Å². The normalized spacial score (nSPS) is 22.3. The SMILES string of the molecule is CC(C)(C)CC(N)CC1CCCCC1. The first-order valence-corrected chi connectivity index (χ1v) is 6.23. The van der Waals surface area contributed by atoms with Crippen molar-refractivity contribution in [1.82, 2.24) is 0 Å². The van der Waals surface area contributed by atoms with Gasteiger partial charge in [0.05, 0.1) is 0 Å². The molecule has 1 saturated carbocycles. The highest BCUT2D eigenvalue weighted by Crippen LogP contribution is 2.30. The first kappa shape index (κ1) is 12.0. The Balaban J connectivity index is 2.21. The minimum absolute atomic E-state index is 0.397.